The average Bonchev–Trinajstić information content (AvgIpc) is 2.62. The van der Waals surface area contributed by atoms with Gasteiger partial charge in [-0.1, -0.05) is 18.2 Å². The number of likely N-dealkylation sites (N-methyl/N-ethyl adjacent to an activating group) is 1. The highest BCUT2D eigenvalue weighted by molar-refractivity contribution is 7.92. The lowest BCUT2D eigenvalue weighted by atomic mass is 10.2. The summed E-state index contributed by atoms with van der Waals surface area (Å²) in [5.74, 6) is 0.909. The number of hydrogen-bond donors (Lipinski definition) is 1. The highest BCUT2D eigenvalue weighted by Crippen LogP contribution is 2.26. The molecule has 0 aromatic heterocycles. The first-order chi connectivity index (χ1) is 13.2. The molecular weight excluding hydrogens is 378 g/mol. The number of rotatable bonds is 9. The molecule has 1 atom stereocenters. The van der Waals surface area contributed by atoms with E-state index in [-0.39, 0.29) is 5.91 Å². The zero-order valence-corrected chi connectivity index (χ0v) is 17.4. The minimum absolute atomic E-state index is 0.350. The summed E-state index contributed by atoms with van der Waals surface area (Å²) in [5, 5.41) is 2.77. The summed E-state index contributed by atoms with van der Waals surface area (Å²) in [6.45, 7) is 2.68. The Labute approximate surface area is 167 Å². The van der Waals surface area contributed by atoms with Gasteiger partial charge >= 0.3 is 0 Å². The number of amides is 1. The second-order valence-electron chi connectivity index (χ2n) is 6.74. The van der Waals surface area contributed by atoms with Crippen LogP contribution in [0.1, 0.15) is 6.92 Å². The molecule has 2 rings (SSSR count). The summed E-state index contributed by atoms with van der Waals surface area (Å²) in [7, 11) is 0.146. The van der Waals surface area contributed by atoms with Gasteiger partial charge in [-0.05, 0) is 57.4 Å². The number of ether oxygens (including phenoxy) is 1. The first-order valence-electron chi connectivity index (χ1n) is 8.93. The van der Waals surface area contributed by atoms with Crippen LogP contribution in [-0.4, -0.2) is 58.7 Å². The lowest BCUT2D eigenvalue weighted by Gasteiger charge is -2.28. The van der Waals surface area contributed by atoms with Crippen LogP contribution in [0.4, 0.5) is 5.69 Å². The fraction of sp³-hybridized carbons (Fsp3) is 0.350. The third-order valence-electron chi connectivity index (χ3n) is 4.02. The molecule has 0 radical (unpaired) electrons. The van der Waals surface area contributed by atoms with Gasteiger partial charge in [-0.2, -0.15) is 0 Å². The van der Waals surface area contributed by atoms with Crippen molar-refractivity contribution < 1.29 is 17.9 Å². The number of carbonyl (C=O) groups is 1. The van der Waals surface area contributed by atoms with Crippen LogP contribution in [0, 0.1) is 0 Å². The Kier molecular flexibility index (Phi) is 7.42. The van der Waals surface area contributed by atoms with Crippen molar-refractivity contribution in [2.24, 2.45) is 0 Å². The highest BCUT2D eigenvalue weighted by atomic mass is 32.2. The van der Waals surface area contributed by atoms with Crippen LogP contribution in [-0.2, 0) is 14.8 Å². The van der Waals surface area contributed by atoms with Crippen LogP contribution in [0.25, 0.3) is 0 Å². The van der Waals surface area contributed by atoms with Crippen molar-refractivity contribution in [1.29, 1.82) is 0 Å². The van der Waals surface area contributed by atoms with E-state index in [1.54, 1.807) is 31.2 Å². The normalized spacial score (nSPS) is 12.5. The topological polar surface area (TPSA) is 79.0 Å². The van der Waals surface area contributed by atoms with E-state index in [1.807, 2.05) is 49.3 Å². The zero-order valence-electron chi connectivity index (χ0n) is 16.6. The molecule has 8 heteroatoms. The van der Waals surface area contributed by atoms with Gasteiger partial charge in [0.25, 0.3) is 0 Å². The Hall–Kier alpha value is -2.58. The molecule has 0 aliphatic carbocycles. The molecule has 2 aromatic carbocycles. The van der Waals surface area contributed by atoms with Gasteiger partial charge < -0.3 is 15.0 Å². The molecule has 0 aliphatic heterocycles. The Morgan fingerprint density at radius 3 is 2.14 bits per heavy atom. The third-order valence-corrected chi connectivity index (χ3v) is 5.26. The molecule has 0 aliphatic rings. The highest BCUT2D eigenvalue weighted by Gasteiger charge is 2.28. The molecule has 0 bridgehead atoms. The molecule has 7 nitrogen and oxygen atoms in total. The van der Waals surface area contributed by atoms with Crippen LogP contribution < -0.4 is 14.4 Å². The van der Waals surface area contributed by atoms with Gasteiger partial charge in [0.15, 0.2) is 0 Å². The monoisotopic (exact) mass is 405 g/mol. The Bertz CT molecular complexity index is 868. The number of nitrogens with zero attached hydrogens (tertiary/aromatic N) is 2. The number of carbonyl (C=O) groups excluding carboxylic acids is 1. The Morgan fingerprint density at radius 1 is 1.04 bits per heavy atom. The van der Waals surface area contributed by atoms with E-state index in [0.717, 1.165) is 10.6 Å². The van der Waals surface area contributed by atoms with Crippen LogP contribution in [0.2, 0.25) is 0 Å². The lowest BCUT2D eigenvalue weighted by molar-refractivity contribution is -0.121. The fourth-order valence-corrected chi connectivity index (χ4v) is 3.82. The second kappa shape index (κ2) is 9.57. The quantitative estimate of drug-likeness (QED) is 0.693. The average molecular weight is 406 g/mol. The van der Waals surface area contributed by atoms with E-state index in [0.29, 0.717) is 30.3 Å². The van der Waals surface area contributed by atoms with E-state index in [2.05, 4.69) is 5.32 Å². The van der Waals surface area contributed by atoms with Gasteiger partial charge in [-0.15, -0.1) is 0 Å². The predicted molar refractivity (Wildman–Crippen MR) is 111 cm³/mol. The van der Waals surface area contributed by atoms with E-state index in [4.69, 9.17) is 4.74 Å². The molecule has 0 spiro atoms. The van der Waals surface area contributed by atoms with Gasteiger partial charge in [-0.3, -0.25) is 9.10 Å². The standard InChI is InChI=1S/C20H27N3O4S/c1-16(20(24)21-14-15-22(2)3)23(28(4,25)26)17-10-12-19(13-11-17)27-18-8-6-5-7-9-18/h5-13,16H,14-15H2,1-4H3,(H,21,24). The molecule has 2 aromatic rings. The van der Waals surface area contributed by atoms with Crippen molar-refractivity contribution in [3.05, 3.63) is 54.6 Å². The fourth-order valence-electron chi connectivity index (χ4n) is 2.64. The SMILES string of the molecule is CC(C(=O)NCCN(C)C)N(c1ccc(Oc2ccccc2)cc1)S(C)(=O)=O. The first-order valence-corrected chi connectivity index (χ1v) is 10.8. The molecule has 152 valence electrons. The van der Waals surface area contributed by atoms with Crippen molar-refractivity contribution in [2.45, 2.75) is 13.0 Å². The summed E-state index contributed by atoms with van der Waals surface area (Å²) in [6.07, 6.45) is 1.09. The van der Waals surface area contributed by atoms with Crippen LogP contribution in [0.15, 0.2) is 54.6 Å². The smallest absolute Gasteiger partial charge is 0.243 e. The van der Waals surface area contributed by atoms with Gasteiger partial charge in [-0.25, -0.2) is 8.42 Å². The molecule has 1 amide bonds. The minimum Gasteiger partial charge on any atom is -0.457 e. The maximum absolute atomic E-state index is 12.4. The van der Waals surface area contributed by atoms with E-state index in [9.17, 15) is 13.2 Å². The van der Waals surface area contributed by atoms with Crippen LogP contribution in [0.5, 0.6) is 11.5 Å². The largest absolute Gasteiger partial charge is 0.457 e. The maximum atomic E-state index is 12.4. The Morgan fingerprint density at radius 2 is 1.61 bits per heavy atom. The molecule has 0 saturated heterocycles. The molecule has 0 saturated carbocycles. The zero-order chi connectivity index (χ0) is 20.7. The number of hydrogen-bond acceptors (Lipinski definition) is 5. The number of para-hydroxylation sites is 1. The lowest BCUT2D eigenvalue weighted by Crippen LogP contribution is -2.48. The second-order valence-corrected chi connectivity index (χ2v) is 8.60. The molecule has 0 heterocycles. The maximum Gasteiger partial charge on any atom is 0.243 e. The van der Waals surface area contributed by atoms with Gasteiger partial charge in [0.2, 0.25) is 15.9 Å². The molecule has 1 N–H and O–H groups in total. The van der Waals surface area contributed by atoms with Gasteiger partial charge in [0.05, 0.1) is 11.9 Å². The summed E-state index contributed by atoms with van der Waals surface area (Å²) in [4.78, 5) is 14.4. The van der Waals surface area contributed by atoms with Crippen molar-refractivity contribution in [1.82, 2.24) is 10.2 Å². The molecule has 1 unspecified atom stereocenters. The summed E-state index contributed by atoms with van der Waals surface area (Å²) >= 11 is 0. The van der Waals surface area contributed by atoms with E-state index < -0.39 is 16.1 Å². The minimum atomic E-state index is -3.65. The Balaban J connectivity index is 2.15. The van der Waals surface area contributed by atoms with Crippen LogP contribution >= 0.6 is 0 Å². The number of benzene rings is 2. The summed E-state index contributed by atoms with van der Waals surface area (Å²) < 4.78 is 31.5. The van der Waals surface area contributed by atoms with Crippen molar-refractivity contribution in [3.63, 3.8) is 0 Å². The number of sulfonamides is 1. The number of nitrogens with one attached hydrogen (secondary N) is 1. The third kappa shape index (κ3) is 6.24. The summed E-state index contributed by atoms with van der Waals surface area (Å²) in [5.41, 5.74) is 0.401. The van der Waals surface area contributed by atoms with E-state index in [1.165, 1.54) is 0 Å². The molecule has 0 fully saturated rings. The predicted octanol–water partition coefficient (Wildman–Crippen LogP) is 2.31. The van der Waals surface area contributed by atoms with Crippen molar-refractivity contribution in [3.8, 4) is 11.5 Å². The number of anilines is 1. The van der Waals surface area contributed by atoms with Crippen LogP contribution in [0.3, 0.4) is 0 Å². The van der Waals surface area contributed by atoms with Crippen molar-refractivity contribution in [2.75, 3.05) is 37.7 Å². The van der Waals surface area contributed by atoms with Gasteiger partial charge in [0.1, 0.15) is 17.5 Å². The van der Waals surface area contributed by atoms with Crippen molar-refractivity contribution >= 4 is 21.6 Å². The van der Waals surface area contributed by atoms with E-state index >= 15 is 0 Å². The first kappa shape index (κ1) is 21.7. The van der Waals surface area contributed by atoms with Gasteiger partial charge in [0, 0.05) is 13.1 Å². The molecular formula is C20H27N3O4S. The molecule has 28 heavy (non-hydrogen) atoms. The summed E-state index contributed by atoms with van der Waals surface area (Å²) in [6, 6.07) is 15.0.